The molecule has 4 fully saturated rings. The molecule has 9 unspecified atom stereocenters. The minimum absolute atomic E-state index is 0.00248. The fraction of sp³-hybridized carbons (Fsp3) is 0.816. The van der Waals surface area contributed by atoms with Gasteiger partial charge in [0.05, 0.1) is 0 Å². The second-order valence-electron chi connectivity index (χ2n) is 16.3. The molecule has 1 aromatic rings. The van der Waals surface area contributed by atoms with Crippen LogP contribution in [0.15, 0.2) is 18.2 Å². The molecule has 42 heavy (non-hydrogen) atoms. The summed E-state index contributed by atoms with van der Waals surface area (Å²) in [7, 11) is 0. The molecule has 0 saturated heterocycles. The van der Waals surface area contributed by atoms with Crippen LogP contribution < -0.4 is 11.5 Å². The molecule has 0 aromatic heterocycles. The third-order valence-corrected chi connectivity index (χ3v) is 13.3. The molecule has 0 aliphatic heterocycles. The molecular weight excluding hydrogens is 516 g/mol. The van der Waals surface area contributed by atoms with Crippen molar-refractivity contribution in [3.05, 3.63) is 23.8 Å². The molecular formula is C38H62N2O2. The van der Waals surface area contributed by atoms with Crippen molar-refractivity contribution in [2.24, 2.45) is 52.3 Å². The van der Waals surface area contributed by atoms with Crippen molar-refractivity contribution in [1.29, 1.82) is 0 Å². The Balaban J connectivity index is 1.10. The first kappa shape index (κ1) is 31.7. The predicted molar refractivity (Wildman–Crippen MR) is 176 cm³/mol. The van der Waals surface area contributed by atoms with Crippen molar-refractivity contribution in [2.75, 3.05) is 11.5 Å². The predicted octanol–water partition coefficient (Wildman–Crippen LogP) is 9.60. The number of carbonyl (C=O) groups is 1. The molecule has 0 heterocycles. The van der Waals surface area contributed by atoms with Gasteiger partial charge in [0.25, 0.3) is 0 Å². The van der Waals surface area contributed by atoms with E-state index in [0.717, 1.165) is 79.1 Å². The Kier molecular flexibility index (Phi) is 9.90. The van der Waals surface area contributed by atoms with Crippen molar-refractivity contribution in [3.8, 4) is 0 Å². The summed E-state index contributed by atoms with van der Waals surface area (Å²) in [4.78, 5) is 12.8. The highest BCUT2D eigenvalue weighted by molar-refractivity contribution is 5.69. The van der Waals surface area contributed by atoms with Gasteiger partial charge in [0.15, 0.2) is 0 Å². The van der Waals surface area contributed by atoms with Crippen LogP contribution in [0, 0.1) is 52.3 Å². The van der Waals surface area contributed by atoms with Crippen LogP contribution in [0.4, 0.5) is 11.4 Å². The maximum atomic E-state index is 12.8. The summed E-state index contributed by atoms with van der Waals surface area (Å²) < 4.78 is 6.11. The maximum Gasteiger partial charge on any atom is 0.306 e. The molecule has 4 aliphatic rings. The lowest BCUT2D eigenvalue weighted by atomic mass is 9.44. The zero-order valence-electron chi connectivity index (χ0n) is 27.6. The first-order chi connectivity index (χ1) is 20.0. The number of rotatable bonds is 11. The summed E-state index contributed by atoms with van der Waals surface area (Å²) >= 11 is 0. The Hall–Kier alpha value is -1.71. The zero-order valence-corrected chi connectivity index (χ0v) is 27.6. The van der Waals surface area contributed by atoms with Gasteiger partial charge in [-0.2, -0.15) is 0 Å². The number of nitrogens with two attached hydrogens (primary N) is 2. The van der Waals surface area contributed by atoms with Crippen LogP contribution in [-0.2, 0) is 16.0 Å². The molecule has 1 aromatic carbocycles. The van der Waals surface area contributed by atoms with Crippen LogP contribution in [0.25, 0.3) is 0 Å². The minimum atomic E-state index is -0.00248. The van der Waals surface area contributed by atoms with Gasteiger partial charge in [0.2, 0.25) is 0 Å². The van der Waals surface area contributed by atoms with E-state index in [-0.39, 0.29) is 12.1 Å². The van der Waals surface area contributed by atoms with E-state index >= 15 is 0 Å². The van der Waals surface area contributed by atoms with E-state index in [9.17, 15) is 4.79 Å². The Labute approximate surface area is 257 Å². The highest BCUT2D eigenvalue weighted by Gasteiger charge is 2.60. The Bertz CT molecular complexity index is 1050. The summed E-state index contributed by atoms with van der Waals surface area (Å²) in [5, 5.41) is 0. The van der Waals surface area contributed by atoms with Crippen molar-refractivity contribution in [2.45, 2.75) is 143 Å². The van der Waals surface area contributed by atoms with E-state index < -0.39 is 0 Å². The van der Waals surface area contributed by atoms with Crippen molar-refractivity contribution in [1.82, 2.24) is 0 Å². The second kappa shape index (κ2) is 13.1. The lowest BCUT2D eigenvalue weighted by Crippen LogP contribution is -2.54. The van der Waals surface area contributed by atoms with Gasteiger partial charge in [0.1, 0.15) is 6.10 Å². The van der Waals surface area contributed by atoms with Crippen LogP contribution in [0.3, 0.4) is 0 Å². The van der Waals surface area contributed by atoms with Crippen LogP contribution in [0.2, 0.25) is 0 Å². The summed E-state index contributed by atoms with van der Waals surface area (Å²) in [6.07, 6.45) is 19.5. The fourth-order valence-corrected chi connectivity index (χ4v) is 11.1. The number of ether oxygens (including phenoxy) is 1. The number of unbranched alkanes of at least 4 members (excludes halogenated alkanes) is 1. The molecule has 4 saturated carbocycles. The molecule has 4 nitrogen and oxygen atoms in total. The summed E-state index contributed by atoms with van der Waals surface area (Å²) in [6.45, 7) is 12.7. The van der Waals surface area contributed by atoms with Gasteiger partial charge < -0.3 is 16.2 Å². The van der Waals surface area contributed by atoms with Gasteiger partial charge >= 0.3 is 5.97 Å². The van der Waals surface area contributed by atoms with Gasteiger partial charge in [-0.25, -0.2) is 0 Å². The number of benzene rings is 1. The first-order valence-corrected chi connectivity index (χ1v) is 17.8. The third kappa shape index (κ3) is 6.68. The van der Waals surface area contributed by atoms with Gasteiger partial charge in [-0.05, 0) is 153 Å². The lowest BCUT2D eigenvalue weighted by Gasteiger charge is -2.61. The van der Waals surface area contributed by atoms with Gasteiger partial charge in [-0.15, -0.1) is 0 Å². The normalized spacial score (nSPS) is 36.6. The smallest absolute Gasteiger partial charge is 0.306 e. The maximum absolute atomic E-state index is 12.8. The quantitative estimate of drug-likeness (QED) is 0.156. The van der Waals surface area contributed by atoms with Crippen LogP contribution in [0.1, 0.15) is 136 Å². The summed E-state index contributed by atoms with van der Waals surface area (Å²) in [5.74, 6) is 6.09. The molecule has 4 N–H and O–H groups in total. The fourth-order valence-electron chi connectivity index (χ4n) is 11.1. The SMILES string of the molecule is CC(C)CCCC(C)C1CCC2C3CCC4CC(OC(=O)CCCCc5cc(N)cc(N)c5)CCC4(C)C3CCC12C. The minimum Gasteiger partial charge on any atom is -0.462 e. The average molecular weight is 579 g/mol. The molecule has 9 atom stereocenters. The zero-order chi connectivity index (χ0) is 30.1. The largest absolute Gasteiger partial charge is 0.462 e. The summed E-state index contributed by atoms with van der Waals surface area (Å²) in [6, 6.07) is 5.75. The van der Waals surface area contributed by atoms with Crippen molar-refractivity contribution >= 4 is 17.3 Å². The highest BCUT2D eigenvalue weighted by atomic mass is 16.5. The van der Waals surface area contributed by atoms with Crippen LogP contribution in [0.5, 0.6) is 0 Å². The number of nitrogen functional groups attached to an aromatic ring is 2. The van der Waals surface area contributed by atoms with Gasteiger partial charge in [0, 0.05) is 17.8 Å². The molecule has 0 amide bonds. The van der Waals surface area contributed by atoms with E-state index in [1.165, 1.54) is 64.2 Å². The molecule has 5 rings (SSSR count). The molecule has 4 heteroatoms. The molecule has 0 bridgehead atoms. The number of carbonyl (C=O) groups excluding carboxylic acids is 1. The van der Waals surface area contributed by atoms with Gasteiger partial charge in [-0.3, -0.25) is 4.79 Å². The third-order valence-electron chi connectivity index (χ3n) is 13.3. The number of esters is 1. The summed E-state index contributed by atoms with van der Waals surface area (Å²) in [5.41, 5.74) is 15.4. The number of hydrogen-bond acceptors (Lipinski definition) is 4. The van der Waals surface area contributed by atoms with Crippen molar-refractivity contribution < 1.29 is 9.53 Å². The first-order valence-electron chi connectivity index (χ1n) is 17.8. The molecule has 4 aliphatic carbocycles. The van der Waals surface area contributed by atoms with Crippen LogP contribution in [-0.4, -0.2) is 12.1 Å². The topological polar surface area (TPSA) is 78.3 Å². The second-order valence-corrected chi connectivity index (χ2v) is 16.3. The van der Waals surface area contributed by atoms with Crippen molar-refractivity contribution in [3.63, 3.8) is 0 Å². The number of hydrogen-bond donors (Lipinski definition) is 2. The molecule has 0 radical (unpaired) electrons. The van der Waals surface area contributed by atoms with E-state index in [0.29, 0.717) is 28.6 Å². The van der Waals surface area contributed by atoms with Crippen LogP contribution >= 0.6 is 0 Å². The molecule has 0 spiro atoms. The van der Waals surface area contributed by atoms with E-state index in [1.807, 2.05) is 12.1 Å². The van der Waals surface area contributed by atoms with E-state index in [4.69, 9.17) is 16.2 Å². The Morgan fingerprint density at radius 3 is 2.31 bits per heavy atom. The van der Waals surface area contributed by atoms with E-state index in [2.05, 4.69) is 34.6 Å². The van der Waals surface area contributed by atoms with E-state index in [1.54, 1.807) is 6.07 Å². The Morgan fingerprint density at radius 2 is 1.57 bits per heavy atom. The highest BCUT2D eigenvalue weighted by Crippen LogP contribution is 2.68. The average Bonchev–Trinajstić information content (AvgIpc) is 3.28. The van der Waals surface area contributed by atoms with Gasteiger partial charge in [-0.1, -0.05) is 53.9 Å². The number of anilines is 2. The Morgan fingerprint density at radius 1 is 0.857 bits per heavy atom. The standard InChI is InChI=1S/C38H62N2O2/c1-25(2)9-8-10-26(3)33-15-16-34-32-14-13-28-23-31(17-19-37(28,4)35(32)18-20-38(33,34)5)42-36(41)12-7-6-11-27-21-29(39)24-30(40)22-27/h21-22,24-26,28,31-35H,6-20,23,39-40H2,1-5H3. The number of fused-ring (bicyclic) bond motifs is 5. The monoisotopic (exact) mass is 578 g/mol. The lowest BCUT2D eigenvalue weighted by molar-refractivity contribution is -0.162. The molecule has 236 valence electrons. The number of aryl methyl sites for hydroxylation is 1.